The normalized spacial score (nSPS) is 17.3. The Hall–Kier alpha value is -1.84. The number of carboxylic acid groups (broad SMARTS) is 1. The number of hydrogen-bond donors (Lipinski definition) is 1. The molecular formula is C14H15F4NO4S. The Bertz CT molecular complexity index is 715. The Balaban J connectivity index is 2.33. The maximum Gasteiger partial charge on any atom is 0.407 e. The third-order valence-electron chi connectivity index (χ3n) is 4.04. The average molecular weight is 369 g/mol. The van der Waals surface area contributed by atoms with Crippen molar-refractivity contribution in [3.8, 4) is 0 Å². The average Bonchev–Trinajstić information content (AvgIpc) is 2.54. The Morgan fingerprint density at radius 1 is 1.21 bits per heavy atom. The van der Waals surface area contributed by atoms with Gasteiger partial charge in [0.05, 0.1) is 4.90 Å². The summed E-state index contributed by atoms with van der Waals surface area (Å²) in [4.78, 5) is 10.6. The van der Waals surface area contributed by atoms with E-state index in [2.05, 4.69) is 0 Å². The molecule has 1 amide bonds. The molecule has 1 fully saturated rings. The van der Waals surface area contributed by atoms with Crippen LogP contribution in [-0.2, 0) is 9.84 Å². The fourth-order valence-electron chi connectivity index (χ4n) is 2.68. The van der Waals surface area contributed by atoms with Gasteiger partial charge in [0.25, 0.3) is 6.43 Å². The Labute approximate surface area is 135 Å². The molecule has 1 aromatic rings. The van der Waals surface area contributed by atoms with E-state index in [4.69, 9.17) is 5.11 Å². The SMILES string of the molecule is O=C(O)N1CCC(C(F)(F)S(=O)(=O)c2ccccc2C(F)F)CC1. The number of sulfone groups is 1. The van der Waals surface area contributed by atoms with Crippen LogP contribution in [0, 0.1) is 5.92 Å². The summed E-state index contributed by atoms with van der Waals surface area (Å²) in [7, 11) is -5.33. The van der Waals surface area contributed by atoms with Gasteiger partial charge in [-0.05, 0) is 18.9 Å². The minimum atomic E-state index is -5.33. The molecule has 0 spiro atoms. The molecule has 0 atom stereocenters. The first-order valence-corrected chi connectivity index (χ1v) is 8.54. The molecule has 1 saturated heterocycles. The number of nitrogens with zero attached hydrogens (tertiary/aromatic N) is 1. The lowest BCUT2D eigenvalue weighted by atomic mass is 9.97. The van der Waals surface area contributed by atoms with E-state index in [-0.39, 0.29) is 25.9 Å². The van der Waals surface area contributed by atoms with Gasteiger partial charge in [0.1, 0.15) is 0 Å². The van der Waals surface area contributed by atoms with Gasteiger partial charge >= 0.3 is 11.3 Å². The fraction of sp³-hybridized carbons (Fsp3) is 0.500. The molecule has 24 heavy (non-hydrogen) atoms. The molecule has 134 valence electrons. The van der Waals surface area contributed by atoms with Crippen molar-refractivity contribution in [2.45, 2.75) is 29.4 Å². The molecule has 2 rings (SSSR count). The van der Waals surface area contributed by atoms with Gasteiger partial charge in [-0.3, -0.25) is 0 Å². The van der Waals surface area contributed by atoms with Crippen molar-refractivity contribution >= 4 is 15.9 Å². The second kappa shape index (κ2) is 6.58. The lowest BCUT2D eigenvalue weighted by Gasteiger charge is -2.34. The minimum Gasteiger partial charge on any atom is -0.465 e. The molecule has 1 aromatic carbocycles. The smallest absolute Gasteiger partial charge is 0.407 e. The van der Waals surface area contributed by atoms with Gasteiger partial charge in [0, 0.05) is 24.6 Å². The number of hydrogen-bond acceptors (Lipinski definition) is 3. The molecule has 1 aliphatic heterocycles. The highest BCUT2D eigenvalue weighted by Crippen LogP contribution is 2.42. The lowest BCUT2D eigenvalue weighted by Crippen LogP contribution is -2.46. The Morgan fingerprint density at radius 2 is 1.75 bits per heavy atom. The van der Waals surface area contributed by atoms with Gasteiger partial charge in [0.2, 0.25) is 9.84 Å². The molecule has 0 aromatic heterocycles. The molecule has 1 N–H and O–H groups in total. The van der Waals surface area contributed by atoms with Crippen LogP contribution in [0.15, 0.2) is 29.2 Å². The third-order valence-corrected chi connectivity index (χ3v) is 6.04. The number of alkyl halides is 4. The summed E-state index contributed by atoms with van der Waals surface area (Å²) < 4.78 is 79.5. The lowest BCUT2D eigenvalue weighted by molar-refractivity contribution is -0.00365. The first kappa shape index (κ1) is 18.5. The number of likely N-dealkylation sites (tertiary alicyclic amines) is 1. The third kappa shape index (κ3) is 3.19. The molecule has 0 unspecified atom stereocenters. The molecular weight excluding hydrogens is 354 g/mol. The van der Waals surface area contributed by atoms with Crippen molar-refractivity contribution in [3.63, 3.8) is 0 Å². The zero-order valence-corrected chi connectivity index (χ0v) is 13.1. The van der Waals surface area contributed by atoms with E-state index in [1.807, 2.05) is 0 Å². The molecule has 0 bridgehead atoms. The van der Waals surface area contributed by atoms with Crippen LogP contribution in [0.25, 0.3) is 0 Å². The summed E-state index contributed by atoms with van der Waals surface area (Å²) in [5, 5.41) is 4.54. The van der Waals surface area contributed by atoms with Gasteiger partial charge in [-0.15, -0.1) is 0 Å². The first-order chi connectivity index (χ1) is 11.1. The number of halogens is 4. The Kier molecular flexibility index (Phi) is 5.07. The largest absolute Gasteiger partial charge is 0.465 e. The summed E-state index contributed by atoms with van der Waals surface area (Å²) in [6, 6.07) is 3.77. The van der Waals surface area contributed by atoms with E-state index < -0.39 is 44.0 Å². The number of carbonyl (C=O) groups is 1. The van der Waals surface area contributed by atoms with E-state index >= 15 is 0 Å². The fourth-order valence-corrected chi connectivity index (χ4v) is 4.37. The van der Waals surface area contributed by atoms with Crippen LogP contribution in [0.4, 0.5) is 22.4 Å². The van der Waals surface area contributed by atoms with Crippen LogP contribution in [0.2, 0.25) is 0 Å². The van der Waals surface area contributed by atoms with Crippen molar-refractivity contribution in [3.05, 3.63) is 29.8 Å². The van der Waals surface area contributed by atoms with Gasteiger partial charge in [0.15, 0.2) is 0 Å². The van der Waals surface area contributed by atoms with Crippen molar-refractivity contribution < 1.29 is 35.9 Å². The second-order valence-electron chi connectivity index (χ2n) is 5.45. The molecule has 10 heteroatoms. The molecule has 1 heterocycles. The van der Waals surface area contributed by atoms with Gasteiger partial charge in [-0.2, -0.15) is 8.78 Å². The van der Waals surface area contributed by atoms with E-state index in [0.717, 1.165) is 29.2 Å². The highest BCUT2D eigenvalue weighted by molar-refractivity contribution is 7.92. The van der Waals surface area contributed by atoms with Crippen LogP contribution in [0.3, 0.4) is 0 Å². The zero-order valence-electron chi connectivity index (χ0n) is 12.3. The quantitative estimate of drug-likeness (QED) is 0.826. The van der Waals surface area contributed by atoms with Gasteiger partial charge < -0.3 is 10.0 Å². The van der Waals surface area contributed by atoms with E-state index in [9.17, 15) is 30.8 Å². The van der Waals surface area contributed by atoms with Gasteiger partial charge in [-0.1, -0.05) is 18.2 Å². The number of piperidine rings is 1. The summed E-state index contributed by atoms with van der Waals surface area (Å²) in [5.41, 5.74) is -0.972. The molecule has 0 radical (unpaired) electrons. The summed E-state index contributed by atoms with van der Waals surface area (Å²) >= 11 is 0. The van der Waals surface area contributed by atoms with Gasteiger partial charge in [-0.25, -0.2) is 22.0 Å². The van der Waals surface area contributed by atoms with Crippen molar-refractivity contribution in [2.75, 3.05) is 13.1 Å². The summed E-state index contributed by atoms with van der Waals surface area (Å²) in [5.74, 6) is -1.64. The van der Waals surface area contributed by atoms with E-state index in [1.165, 1.54) is 0 Å². The van der Waals surface area contributed by atoms with Crippen molar-refractivity contribution in [1.82, 2.24) is 4.90 Å². The monoisotopic (exact) mass is 369 g/mol. The molecule has 0 saturated carbocycles. The topological polar surface area (TPSA) is 74.7 Å². The summed E-state index contributed by atoms with van der Waals surface area (Å²) in [6.45, 7) is -0.469. The van der Waals surface area contributed by atoms with Crippen molar-refractivity contribution in [2.24, 2.45) is 5.92 Å². The second-order valence-corrected chi connectivity index (χ2v) is 7.44. The van der Waals surface area contributed by atoms with Crippen LogP contribution >= 0.6 is 0 Å². The van der Waals surface area contributed by atoms with E-state index in [1.54, 1.807) is 0 Å². The zero-order chi connectivity index (χ0) is 18.1. The van der Waals surface area contributed by atoms with Crippen LogP contribution in [0.1, 0.15) is 24.8 Å². The number of benzene rings is 1. The highest BCUT2D eigenvalue weighted by atomic mass is 32.2. The molecule has 1 aliphatic rings. The maximum absolute atomic E-state index is 14.5. The Morgan fingerprint density at radius 3 is 2.25 bits per heavy atom. The predicted octanol–water partition coefficient (Wildman–Crippen LogP) is 3.38. The first-order valence-electron chi connectivity index (χ1n) is 7.06. The molecule has 0 aliphatic carbocycles. The van der Waals surface area contributed by atoms with Crippen molar-refractivity contribution in [1.29, 1.82) is 0 Å². The van der Waals surface area contributed by atoms with E-state index in [0.29, 0.717) is 0 Å². The van der Waals surface area contributed by atoms with Crippen LogP contribution in [-0.4, -0.2) is 42.9 Å². The minimum absolute atomic E-state index is 0.235. The predicted molar refractivity (Wildman–Crippen MR) is 75.9 cm³/mol. The number of rotatable bonds is 4. The van der Waals surface area contributed by atoms with Crippen LogP contribution in [0.5, 0.6) is 0 Å². The highest BCUT2D eigenvalue weighted by Gasteiger charge is 2.54. The van der Waals surface area contributed by atoms with Crippen LogP contribution < -0.4 is 0 Å². The standard InChI is InChI=1S/C14H15F4NO4S/c15-12(16)10-3-1-2-4-11(10)24(22,23)14(17,18)9-5-7-19(8-6-9)13(20)21/h1-4,9,12H,5-8H2,(H,20,21). The number of amides is 1. The summed E-state index contributed by atoms with van der Waals surface area (Å²) in [6.07, 6.45) is -5.21. The molecule has 5 nitrogen and oxygen atoms in total. The maximum atomic E-state index is 14.5.